The molecule has 1 aliphatic carbocycles. The second kappa shape index (κ2) is 9.73. The molecule has 1 saturated carbocycles. The van der Waals surface area contributed by atoms with Crippen molar-refractivity contribution >= 4 is 92.8 Å². The SMILES string of the molecule is O=C(Nc1ccc(Cl)c(F)c1)c1cc(NC(=O)[C@H]2[C@H](c3cc(Cl)cc(Cl)c3)C2(Cl)Cl)ccc1Cl. The lowest BCUT2D eigenvalue weighted by molar-refractivity contribution is -0.117. The quantitative estimate of drug-likeness (QED) is 0.299. The minimum atomic E-state index is -1.36. The standard InChI is InChI=1S/C23H13Cl6FN2O2/c24-11-5-10(6-12(25)7-11)19-20(23(19,28)29)22(34)32-13-1-3-16(26)15(8-13)21(33)31-14-2-4-17(27)18(30)9-14/h1-9,19-20H,(H,31,33)(H,32,34)/t19-,20+/m0/s1. The summed E-state index contributed by atoms with van der Waals surface area (Å²) in [5.41, 5.74) is 1.18. The Morgan fingerprint density at radius 3 is 2.00 bits per heavy atom. The van der Waals surface area contributed by atoms with E-state index >= 15 is 0 Å². The van der Waals surface area contributed by atoms with Gasteiger partial charge >= 0.3 is 0 Å². The zero-order chi connectivity index (χ0) is 24.8. The lowest BCUT2D eigenvalue weighted by Gasteiger charge is -2.11. The predicted molar refractivity (Wildman–Crippen MR) is 137 cm³/mol. The van der Waals surface area contributed by atoms with Gasteiger partial charge in [0.05, 0.1) is 21.5 Å². The monoisotopic (exact) mass is 578 g/mol. The fourth-order valence-corrected chi connectivity index (χ4v) is 5.28. The molecule has 11 heteroatoms. The summed E-state index contributed by atoms with van der Waals surface area (Å²) < 4.78 is 12.3. The molecule has 2 amide bonds. The van der Waals surface area contributed by atoms with Crippen molar-refractivity contribution in [3.05, 3.63) is 91.6 Å². The Hall–Kier alpha value is -1.73. The Kier molecular flexibility index (Phi) is 7.26. The number of hydrogen-bond acceptors (Lipinski definition) is 2. The van der Waals surface area contributed by atoms with Gasteiger partial charge in [0, 0.05) is 27.3 Å². The van der Waals surface area contributed by atoms with E-state index in [1.54, 1.807) is 18.2 Å². The van der Waals surface area contributed by atoms with Gasteiger partial charge in [-0.05, 0) is 60.2 Å². The van der Waals surface area contributed by atoms with Crippen LogP contribution >= 0.6 is 69.6 Å². The molecule has 2 atom stereocenters. The van der Waals surface area contributed by atoms with Crippen LogP contribution in [0.1, 0.15) is 21.8 Å². The van der Waals surface area contributed by atoms with Crippen LogP contribution in [-0.4, -0.2) is 16.1 Å². The van der Waals surface area contributed by atoms with E-state index in [0.717, 1.165) is 6.07 Å². The first-order chi connectivity index (χ1) is 16.0. The van der Waals surface area contributed by atoms with Gasteiger partial charge in [0.15, 0.2) is 0 Å². The summed E-state index contributed by atoms with van der Waals surface area (Å²) in [6, 6.07) is 13.1. The molecule has 0 bridgehead atoms. The molecular formula is C23H13Cl6FN2O2. The number of nitrogens with one attached hydrogen (secondary N) is 2. The van der Waals surface area contributed by atoms with Crippen LogP contribution in [0.5, 0.6) is 0 Å². The minimum absolute atomic E-state index is 0.0619. The lowest BCUT2D eigenvalue weighted by atomic mass is 10.1. The van der Waals surface area contributed by atoms with Crippen molar-refractivity contribution in [2.24, 2.45) is 5.92 Å². The molecule has 4 nitrogen and oxygen atoms in total. The second-order valence-corrected chi connectivity index (χ2v) is 10.7. The first kappa shape index (κ1) is 25.4. The number of rotatable bonds is 5. The van der Waals surface area contributed by atoms with Crippen LogP contribution in [0.2, 0.25) is 20.1 Å². The molecule has 0 aromatic heterocycles. The van der Waals surface area contributed by atoms with Crippen molar-refractivity contribution in [2.45, 2.75) is 10.3 Å². The highest BCUT2D eigenvalue weighted by atomic mass is 35.5. The highest BCUT2D eigenvalue weighted by Gasteiger charge is 2.67. The number of hydrogen-bond donors (Lipinski definition) is 2. The van der Waals surface area contributed by atoms with Gasteiger partial charge < -0.3 is 10.6 Å². The number of halogens is 7. The summed E-state index contributed by atoms with van der Waals surface area (Å²) >= 11 is 36.7. The molecule has 0 saturated heterocycles. The average Bonchev–Trinajstić information content (AvgIpc) is 3.33. The van der Waals surface area contributed by atoms with Gasteiger partial charge in [-0.25, -0.2) is 4.39 Å². The number of benzene rings is 3. The fourth-order valence-electron chi connectivity index (χ4n) is 3.59. The molecule has 1 fully saturated rings. The molecule has 0 unspecified atom stereocenters. The topological polar surface area (TPSA) is 58.2 Å². The molecule has 3 aromatic carbocycles. The van der Waals surface area contributed by atoms with Gasteiger partial charge in [0.25, 0.3) is 5.91 Å². The summed E-state index contributed by atoms with van der Waals surface area (Å²) in [6.45, 7) is 0. The maximum absolute atomic E-state index is 13.7. The number of carbonyl (C=O) groups excluding carboxylic acids is 2. The van der Waals surface area contributed by atoms with Crippen LogP contribution in [0.25, 0.3) is 0 Å². The number of anilines is 2. The Morgan fingerprint density at radius 2 is 1.38 bits per heavy atom. The molecular weight excluding hydrogens is 568 g/mol. The van der Waals surface area contributed by atoms with Gasteiger partial charge in [-0.15, -0.1) is 23.2 Å². The zero-order valence-electron chi connectivity index (χ0n) is 16.8. The van der Waals surface area contributed by atoms with Crippen LogP contribution < -0.4 is 10.6 Å². The summed E-state index contributed by atoms with van der Waals surface area (Å²) in [5.74, 6) is -3.06. The maximum Gasteiger partial charge on any atom is 0.257 e. The van der Waals surface area contributed by atoms with E-state index in [4.69, 9.17) is 69.6 Å². The van der Waals surface area contributed by atoms with E-state index in [-0.39, 0.29) is 21.3 Å². The van der Waals surface area contributed by atoms with Crippen LogP contribution in [0.3, 0.4) is 0 Å². The highest BCUT2D eigenvalue weighted by Crippen LogP contribution is 2.65. The lowest BCUT2D eigenvalue weighted by Crippen LogP contribution is -2.18. The Balaban J connectivity index is 1.51. The van der Waals surface area contributed by atoms with Crippen LogP contribution in [0.15, 0.2) is 54.6 Å². The average molecular weight is 581 g/mol. The third-order valence-electron chi connectivity index (χ3n) is 5.24. The van der Waals surface area contributed by atoms with Crippen molar-refractivity contribution in [2.75, 3.05) is 10.6 Å². The molecule has 4 rings (SSSR count). The molecule has 2 N–H and O–H groups in total. The van der Waals surface area contributed by atoms with Gasteiger partial charge in [0.1, 0.15) is 10.2 Å². The summed E-state index contributed by atoms with van der Waals surface area (Å²) in [4.78, 5) is 25.6. The van der Waals surface area contributed by atoms with E-state index in [9.17, 15) is 14.0 Å². The summed E-state index contributed by atoms with van der Waals surface area (Å²) in [7, 11) is 0. The third-order valence-corrected chi connectivity index (χ3v) is 7.25. The van der Waals surface area contributed by atoms with Crippen molar-refractivity contribution in [1.29, 1.82) is 0 Å². The smallest absolute Gasteiger partial charge is 0.257 e. The Bertz CT molecular complexity index is 1300. The Morgan fingerprint density at radius 1 is 0.794 bits per heavy atom. The largest absolute Gasteiger partial charge is 0.326 e. The minimum Gasteiger partial charge on any atom is -0.326 e. The van der Waals surface area contributed by atoms with Crippen molar-refractivity contribution in [1.82, 2.24) is 0 Å². The summed E-state index contributed by atoms with van der Waals surface area (Å²) in [5, 5.41) is 6.08. The molecule has 1 aliphatic rings. The van der Waals surface area contributed by atoms with Gasteiger partial charge in [-0.2, -0.15) is 0 Å². The van der Waals surface area contributed by atoms with Crippen LogP contribution in [0.4, 0.5) is 15.8 Å². The highest BCUT2D eigenvalue weighted by molar-refractivity contribution is 6.53. The normalized spacial score (nSPS) is 18.3. The van der Waals surface area contributed by atoms with Gasteiger partial charge in [-0.3, -0.25) is 9.59 Å². The molecule has 0 radical (unpaired) electrons. The van der Waals surface area contributed by atoms with Crippen LogP contribution in [-0.2, 0) is 4.79 Å². The van der Waals surface area contributed by atoms with E-state index in [1.807, 2.05) is 0 Å². The molecule has 0 heterocycles. The first-order valence-electron chi connectivity index (χ1n) is 9.68. The third kappa shape index (κ3) is 5.25. The predicted octanol–water partition coefficient (Wildman–Crippen LogP) is 8.22. The van der Waals surface area contributed by atoms with Crippen molar-refractivity contribution < 1.29 is 14.0 Å². The zero-order valence-corrected chi connectivity index (χ0v) is 21.3. The van der Waals surface area contributed by atoms with E-state index < -0.39 is 33.8 Å². The van der Waals surface area contributed by atoms with Crippen molar-refractivity contribution in [3.8, 4) is 0 Å². The fraction of sp³-hybridized carbons (Fsp3) is 0.130. The second-order valence-electron chi connectivity index (χ2n) is 7.60. The number of alkyl halides is 2. The van der Waals surface area contributed by atoms with Gasteiger partial charge in [0.2, 0.25) is 5.91 Å². The van der Waals surface area contributed by atoms with E-state index in [2.05, 4.69) is 10.6 Å². The molecule has 0 spiro atoms. The summed E-state index contributed by atoms with van der Waals surface area (Å²) in [6.07, 6.45) is 0. The Labute approximate surface area is 224 Å². The number of amides is 2. The van der Waals surface area contributed by atoms with Gasteiger partial charge in [-0.1, -0.05) is 46.4 Å². The van der Waals surface area contributed by atoms with Crippen LogP contribution in [0, 0.1) is 11.7 Å². The molecule has 0 aliphatic heterocycles. The van der Waals surface area contributed by atoms with E-state index in [0.29, 0.717) is 21.3 Å². The first-order valence-corrected chi connectivity index (χ1v) is 11.9. The number of carbonyl (C=O) groups is 2. The molecule has 3 aromatic rings. The molecule has 176 valence electrons. The maximum atomic E-state index is 13.7. The van der Waals surface area contributed by atoms with Crippen molar-refractivity contribution in [3.63, 3.8) is 0 Å². The molecule has 34 heavy (non-hydrogen) atoms. The van der Waals surface area contributed by atoms with E-state index in [1.165, 1.54) is 30.3 Å².